The Labute approximate surface area is 182 Å². The number of nitrogens with one attached hydrogen (secondary N) is 1. The number of imide groups is 1. The molecule has 1 heterocycles. The third-order valence-electron chi connectivity index (χ3n) is 5.97. The molecule has 1 saturated carbocycles. The quantitative estimate of drug-likeness (QED) is 0.735. The molecule has 7 nitrogen and oxygen atoms in total. The van der Waals surface area contributed by atoms with Crippen LogP contribution in [0.25, 0.3) is 0 Å². The number of carbonyl (C=O) groups is 2. The van der Waals surface area contributed by atoms with Crippen LogP contribution in [0.4, 0.5) is 10.5 Å². The first-order valence-corrected chi connectivity index (χ1v) is 10.7. The predicted octanol–water partition coefficient (Wildman–Crippen LogP) is 4.57. The highest BCUT2D eigenvalue weighted by atomic mass is 16.5. The number of hydrogen-bond acceptors (Lipinski definition) is 5. The van der Waals surface area contributed by atoms with Gasteiger partial charge in [0.1, 0.15) is 5.75 Å². The topological polar surface area (TPSA) is 77.1 Å². The fraction of sp³-hybridized carbons (Fsp3) is 0.417. The fourth-order valence-corrected chi connectivity index (χ4v) is 4.22. The maximum Gasteiger partial charge on any atom is 0.328 e. The van der Waals surface area contributed by atoms with Gasteiger partial charge in [0.2, 0.25) is 5.91 Å². The van der Waals surface area contributed by atoms with E-state index in [1.54, 1.807) is 38.5 Å². The standard InChI is InChI=1S/C24H28N2O5/c1-29-19-10-8-18(9-11-19)25-24(28)26-15-17(14-23(26)27)16-7-12-21(30-2)22(13-16)31-20-5-3-4-6-20/h7-13,17,20H,3-6,14-15H2,1-2H3,(H,25,28). The van der Waals surface area contributed by atoms with Crippen LogP contribution in [0.3, 0.4) is 0 Å². The molecule has 2 aromatic rings. The average Bonchev–Trinajstić information content (AvgIpc) is 3.44. The highest BCUT2D eigenvalue weighted by molar-refractivity contribution is 6.02. The molecule has 164 valence electrons. The average molecular weight is 424 g/mol. The van der Waals surface area contributed by atoms with Crippen molar-refractivity contribution in [3.8, 4) is 17.2 Å². The van der Waals surface area contributed by atoms with E-state index in [1.165, 1.54) is 17.7 Å². The lowest BCUT2D eigenvalue weighted by Gasteiger charge is -2.19. The molecule has 2 aromatic carbocycles. The number of methoxy groups -OCH3 is 2. The summed E-state index contributed by atoms with van der Waals surface area (Å²) in [6.45, 7) is 0.329. The van der Waals surface area contributed by atoms with Gasteiger partial charge in [-0.15, -0.1) is 0 Å². The molecule has 0 radical (unpaired) electrons. The Morgan fingerprint density at radius 2 is 1.74 bits per heavy atom. The van der Waals surface area contributed by atoms with E-state index in [2.05, 4.69) is 5.32 Å². The third-order valence-corrected chi connectivity index (χ3v) is 5.97. The van der Waals surface area contributed by atoms with Crippen molar-refractivity contribution in [2.45, 2.75) is 44.1 Å². The van der Waals surface area contributed by atoms with Crippen LogP contribution in [0.15, 0.2) is 42.5 Å². The Morgan fingerprint density at radius 3 is 2.42 bits per heavy atom. The van der Waals surface area contributed by atoms with Gasteiger partial charge < -0.3 is 19.5 Å². The number of ether oxygens (including phenoxy) is 3. The van der Waals surface area contributed by atoms with Gasteiger partial charge in [-0.2, -0.15) is 0 Å². The zero-order valence-corrected chi connectivity index (χ0v) is 17.9. The van der Waals surface area contributed by atoms with Gasteiger partial charge in [-0.3, -0.25) is 9.69 Å². The van der Waals surface area contributed by atoms with Gasteiger partial charge in [-0.25, -0.2) is 4.79 Å². The van der Waals surface area contributed by atoms with E-state index >= 15 is 0 Å². The third kappa shape index (κ3) is 4.76. The molecule has 1 aliphatic carbocycles. The molecule has 2 aliphatic rings. The van der Waals surface area contributed by atoms with E-state index in [1.807, 2.05) is 18.2 Å². The number of rotatable bonds is 6. The zero-order valence-electron chi connectivity index (χ0n) is 17.9. The van der Waals surface area contributed by atoms with E-state index in [4.69, 9.17) is 14.2 Å². The van der Waals surface area contributed by atoms with Crippen LogP contribution >= 0.6 is 0 Å². The number of urea groups is 1. The smallest absolute Gasteiger partial charge is 0.328 e. The monoisotopic (exact) mass is 424 g/mol. The van der Waals surface area contributed by atoms with Crippen molar-refractivity contribution in [3.63, 3.8) is 0 Å². The second kappa shape index (κ2) is 9.29. The number of benzene rings is 2. The lowest BCUT2D eigenvalue weighted by Crippen LogP contribution is -2.36. The highest BCUT2D eigenvalue weighted by Gasteiger charge is 2.35. The van der Waals surface area contributed by atoms with Crippen LogP contribution in [-0.4, -0.2) is 43.7 Å². The van der Waals surface area contributed by atoms with Gasteiger partial charge in [-0.05, 0) is 67.6 Å². The molecule has 0 bridgehead atoms. The van der Waals surface area contributed by atoms with Crippen LogP contribution in [0.2, 0.25) is 0 Å². The second-order valence-electron chi connectivity index (χ2n) is 8.00. The minimum Gasteiger partial charge on any atom is -0.497 e. The number of amides is 3. The van der Waals surface area contributed by atoms with Crippen LogP contribution in [-0.2, 0) is 4.79 Å². The van der Waals surface area contributed by atoms with Crippen LogP contribution in [0.1, 0.15) is 43.6 Å². The number of carbonyl (C=O) groups excluding carboxylic acids is 2. The van der Waals surface area contributed by atoms with Gasteiger partial charge in [-0.1, -0.05) is 6.07 Å². The first-order chi connectivity index (χ1) is 15.1. The molecule has 1 aliphatic heterocycles. The molecule has 0 aromatic heterocycles. The molecule has 1 N–H and O–H groups in total. The Balaban J connectivity index is 1.44. The van der Waals surface area contributed by atoms with E-state index in [-0.39, 0.29) is 24.3 Å². The van der Waals surface area contributed by atoms with Gasteiger partial charge in [0.25, 0.3) is 0 Å². The summed E-state index contributed by atoms with van der Waals surface area (Å²) < 4.78 is 16.8. The van der Waals surface area contributed by atoms with E-state index < -0.39 is 6.03 Å². The van der Waals surface area contributed by atoms with Crippen molar-refractivity contribution >= 4 is 17.6 Å². The van der Waals surface area contributed by atoms with Crippen LogP contribution in [0.5, 0.6) is 17.2 Å². The molecule has 7 heteroatoms. The Morgan fingerprint density at radius 1 is 1.00 bits per heavy atom. The summed E-state index contributed by atoms with van der Waals surface area (Å²) in [6.07, 6.45) is 4.96. The minimum atomic E-state index is -0.423. The molecular weight excluding hydrogens is 396 g/mol. The fourth-order valence-electron chi connectivity index (χ4n) is 4.22. The molecule has 31 heavy (non-hydrogen) atoms. The molecule has 3 amide bonds. The predicted molar refractivity (Wildman–Crippen MR) is 117 cm³/mol. The van der Waals surface area contributed by atoms with Crippen molar-refractivity contribution in [3.05, 3.63) is 48.0 Å². The summed E-state index contributed by atoms with van der Waals surface area (Å²) in [5.41, 5.74) is 1.58. The van der Waals surface area contributed by atoms with Crippen LogP contribution < -0.4 is 19.5 Å². The summed E-state index contributed by atoms with van der Waals surface area (Å²) >= 11 is 0. The van der Waals surface area contributed by atoms with Gasteiger partial charge in [0, 0.05) is 24.6 Å². The van der Waals surface area contributed by atoms with Crippen molar-refractivity contribution in [2.24, 2.45) is 0 Å². The summed E-state index contributed by atoms with van der Waals surface area (Å²) in [4.78, 5) is 26.5. The summed E-state index contributed by atoms with van der Waals surface area (Å²) in [5.74, 6) is 1.83. The van der Waals surface area contributed by atoms with Crippen LogP contribution in [0, 0.1) is 0 Å². The van der Waals surface area contributed by atoms with E-state index in [0.29, 0.717) is 29.5 Å². The number of anilines is 1. The Bertz CT molecular complexity index is 937. The minimum absolute atomic E-state index is 0.0778. The second-order valence-corrected chi connectivity index (χ2v) is 8.00. The van der Waals surface area contributed by atoms with Crippen molar-refractivity contribution in [2.75, 3.05) is 26.1 Å². The molecule has 1 atom stereocenters. The van der Waals surface area contributed by atoms with Crippen molar-refractivity contribution in [1.29, 1.82) is 0 Å². The Kier molecular flexibility index (Phi) is 6.30. The largest absolute Gasteiger partial charge is 0.497 e. The van der Waals surface area contributed by atoms with Gasteiger partial charge in [0.05, 0.1) is 20.3 Å². The van der Waals surface area contributed by atoms with Crippen molar-refractivity contribution in [1.82, 2.24) is 4.90 Å². The summed E-state index contributed by atoms with van der Waals surface area (Å²) in [5, 5.41) is 2.78. The molecular formula is C24H28N2O5. The van der Waals surface area contributed by atoms with Gasteiger partial charge in [0.15, 0.2) is 11.5 Å². The summed E-state index contributed by atoms with van der Waals surface area (Å²) in [6, 6.07) is 12.4. The van der Waals surface area contributed by atoms with E-state index in [0.717, 1.165) is 18.4 Å². The molecule has 1 saturated heterocycles. The number of nitrogens with zero attached hydrogens (tertiary/aromatic N) is 1. The van der Waals surface area contributed by atoms with Crippen molar-refractivity contribution < 1.29 is 23.8 Å². The number of hydrogen-bond donors (Lipinski definition) is 1. The lowest BCUT2D eigenvalue weighted by molar-refractivity contribution is -0.125. The summed E-state index contributed by atoms with van der Waals surface area (Å²) in [7, 11) is 3.21. The molecule has 4 rings (SSSR count). The number of likely N-dealkylation sites (tertiary alicyclic amines) is 1. The maximum atomic E-state index is 12.7. The molecule has 0 spiro atoms. The van der Waals surface area contributed by atoms with E-state index in [9.17, 15) is 9.59 Å². The zero-order chi connectivity index (χ0) is 21.8. The SMILES string of the molecule is COc1ccc(NC(=O)N2CC(c3ccc(OC)c(OC4CCCC4)c3)CC2=O)cc1. The first-order valence-electron chi connectivity index (χ1n) is 10.7. The maximum absolute atomic E-state index is 12.7. The normalized spacial score (nSPS) is 18.8. The highest BCUT2D eigenvalue weighted by Crippen LogP contribution is 2.37. The molecule has 1 unspecified atom stereocenters. The Hall–Kier alpha value is -3.22. The first kappa shape index (κ1) is 21.0. The van der Waals surface area contributed by atoms with Gasteiger partial charge >= 0.3 is 6.03 Å². The molecule has 2 fully saturated rings. The lowest BCUT2D eigenvalue weighted by atomic mass is 9.98.